The van der Waals surface area contributed by atoms with Crippen LogP contribution in [-0.2, 0) is 12.0 Å². The summed E-state index contributed by atoms with van der Waals surface area (Å²) in [7, 11) is 0. The fourth-order valence-electron chi connectivity index (χ4n) is 8.17. The first-order valence-corrected chi connectivity index (χ1v) is 17.9. The number of aliphatic imine (C=N–C) groups is 1. The van der Waals surface area contributed by atoms with Crippen molar-refractivity contribution in [2.24, 2.45) is 4.99 Å². The molecule has 4 heterocycles. The molecule has 2 atom stereocenters. The molecule has 0 amide bonds. The molecule has 9 rings (SSSR count). The van der Waals surface area contributed by atoms with Crippen LogP contribution in [0.5, 0.6) is 11.5 Å². The van der Waals surface area contributed by atoms with Crippen molar-refractivity contribution in [3.05, 3.63) is 166 Å². The Kier molecular flexibility index (Phi) is 7.18. The van der Waals surface area contributed by atoms with Gasteiger partial charge in [0.1, 0.15) is 29.0 Å². The number of ether oxygens (including phenoxy) is 1. The summed E-state index contributed by atoms with van der Waals surface area (Å²) in [4.78, 5) is 12.8. The van der Waals surface area contributed by atoms with Gasteiger partial charge in [0.05, 0.1) is 17.2 Å². The third-order valence-electron chi connectivity index (χ3n) is 10.7. The van der Waals surface area contributed by atoms with E-state index in [2.05, 4.69) is 160 Å². The molecule has 5 nitrogen and oxygen atoms in total. The van der Waals surface area contributed by atoms with E-state index in [1.807, 2.05) is 12.3 Å². The Balaban J connectivity index is 1.12. The molecule has 0 saturated carbocycles. The van der Waals surface area contributed by atoms with Crippen LogP contribution in [0.2, 0.25) is 0 Å². The van der Waals surface area contributed by atoms with E-state index in [0.29, 0.717) is 0 Å². The lowest BCUT2D eigenvalue weighted by Crippen LogP contribution is -2.27. The van der Waals surface area contributed by atoms with E-state index in [4.69, 9.17) is 14.7 Å². The Labute approximate surface area is 299 Å². The van der Waals surface area contributed by atoms with Crippen molar-refractivity contribution in [1.29, 1.82) is 0 Å². The fraction of sp³-hybridized carbons (Fsp3) is 0.217. The maximum absolute atomic E-state index is 6.85. The lowest BCUT2D eigenvalue weighted by Gasteiger charge is -2.25. The highest BCUT2D eigenvalue weighted by molar-refractivity contribution is 6.08. The summed E-state index contributed by atoms with van der Waals surface area (Å²) in [6, 6.07) is 41.7. The molecule has 2 aliphatic rings. The highest BCUT2D eigenvalue weighted by Crippen LogP contribution is 2.49. The second-order valence-electron chi connectivity index (χ2n) is 15.3. The van der Waals surface area contributed by atoms with Crippen molar-refractivity contribution >= 4 is 27.8 Å². The molecule has 7 aromatic rings. The Morgan fingerprint density at radius 3 is 2.37 bits per heavy atom. The van der Waals surface area contributed by atoms with Crippen molar-refractivity contribution in [3.8, 4) is 17.2 Å². The van der Waals surface area contributed by atoms with Gasteiger partial charge in [-0.3, -0.25) is 9.56 Å². The minimum absolute atomic E-state index is 0.0218. The quantitative estimate of drug-likeness (QED) is 0.184. The smallest absolute Gasteiger partial charge is 0.145 e. The molecular formula is C46H42N4O. The van der Waals surface area contributed by atoms with E-state index in [1.165, 1.54) is 33.2 Å². The number of fused-ring (bicyclic) bond motifs is 6. The van der Waals surface area contributed by atoms with Crippen LogP contribution >= 0.6 is 0 Å². The second kappa shape index (κ2) is 11.7. The van der Waals surface area contributed by atoms with Gasteiger partial charge in [-0.15, -0.1) is 0 Å². The molecule has 5 aromatic carbocycles. The summed E-state index contributed by atoms with van der Waals surface area (Å²) in [5.41, 5.74) is 13.0. The van der Waals surface area contributed by atoms with Crippen LogP contribution in [0.3, 0.4) is 0 Å². The highest BCUT2D eigenvalue weighted by Gasteiger charge is 2.44. The number of hydrogen-bond donors (Lipinski definition) is 0. The molecule has 0 spiro atoms. The van der Waals surface area contributed by atoms with E-state index in [9.17, 15) is 0 Å². The summed E-state index contributed by atoms with van der Waals surface area (Å²) >= 11 is 0. The Bertz CT molecular complexity index is 2520. The summed E-state index contributed by atoms with van der Waals surface area (Å²) in [6.07, 6.45) is 1.88. The summed E-state index contributed by atoms with van der Waals surface area (Å²) in [5, 5.41) is 2.36. The van der Waals surface area contributed by atoms with E-state index in [0.717, 1.165) is 62.8 Å². The Morgan fingerprint density at radius 1 is 0.745 bits per heavy atom. The SMILES string of the molecule is Cc1cc(Oc2cc(C3=N[C@H](c4ccccc4)[C@@H]4c5ccccc5CN34)c(C)cc2C)cc(-n2c3ccc(C(C)(C)C)cc3c3cccnc32)c1. The van der Waals surface area contributed by atoms with Crippen LogP contribution < -0.4 is 4.74 Å². The number of pyridine rings is 1. The lowest BCUT2D eigenvalue weighted by atomic mass is 9.86. The molecule has 0 radical (unpaired) electrons. The first-order chi connectivity index (χ1) is 24.6. The molecule has 2 aromatic heterocycles. The summed E-state index contributed by atoms with van der Waals surface area (Å²) in [6.45, 7) is 14.1. The van der Waals surface area contributed by atoms with Crippen molar-refractivity contribution in [3.63, 3.8) is 0 Å². The second-order valence-corrected chi connectivity index (χ2v) is 15.3. The number of rotatable bonds is 5. The van der Waals surface area contributed by atoms with Crippen molar-refractivity contribution in [1.82, 2.24) is 14.5 Å². The van der Waals surface area contributed by atoms with Gasteiger partial charge in [-0.1, -0.05) is 87.5 Å². The van der Waals surface area contributed by atoms with Crippen LogP contribution in [0.15, 0.2) is 126 Å². The largest absolute Gasteiger partial charge is 0.457 e. The third kappa shape index (κ3) is 5.22. The van der Waals surface area contributed by atoms with Crippen molar-refractivity contribution < 1.29 is 4.74 Å². The van der Waals surface area contributed by atoms with Crippen LogP contribution in [0.4, 0.5) is 0 Å². The molecule has 252 valence electrons. The number of benzene rings is 5. The zero-order valence-corrected chi connectivity index (χ0v) is 30.1. The minimum Gasteiger partial charge on any atom is -0.457 e. The number of aryl methyl sites for hydroxylation is 3. The van der Waals surface area contributed by atoms with Gasteiger partial charge in [0.2, 0.25) is 0 Å². The molecule has 5 heteroatoms. The van der Waals surface area contributed by atoms with E-state index in [-0.39, 0.29) is 17.5 Å². The topological polar surface area (TPSA) is 42.6 Å². The maximum Gasteiger partial charge on any atom is 0.145 e. The molecule has 0 bridgehead atoms. The first-order valence-electron chi connectivity index (χ1n) is 17.9. The number of nitrogens with zero attached hydrogens (tertiary/aromatic N) is 4. The molecule has 0 saturated heterocycles. The molecule has 0 unspecified atom stereocenters. The van der Waals surface area contributed by atoms with Gasteiger partial charge < -0.3 is 9.64 Å². The average Bonchev–Trinajstić information content (AvgIpc) is 3.78. The molecule has 51 heavy (non-hydrogen) atoms. The van der Waals surface area contributed by atoms with Gasteiger partial charge in [0, 0.05) is 35.1 Å². The van der Waals surface area contributed by atoms with Gasteiger partial charge in [-0.05, 0) is 108 Å². The van der Waals surface area contributed by atoms with Gasteiger partial charge in [-0.2, -0.15) is 0 Å². The predicted octanol–water partition coefficient (Wildman–Crippen LogP) is 11.3. The van der Waals surface area contributed by atoms with Crippen LogP contribution in [0.25, 0.3) is 27.6 Å². The number of aromatic nitrogens is 2. The van der Waals surface area contributed by atoms with Gasteiger partial charge in [-0.25, -0.2) is 4.98 Å². The minimum atomic E-state index is 0.0218. The lowest BCUT2D eigenvalue weighted by molar-refractivity contribution is 0.341. The Hall–Kier alpha value is -5.68. The van der Waals surface area contributed by atoms with E-state index < -0.39 is 0 Å². The predicted molar refractivity (Wildman–Crippen MR) is 208 cm³/mol. The van der Waals surface area contributed by atoms with Crippen molar-refractivity contribution in [2.45, 2.75) is 65.6 Å². The summed E-state index contributed by atoms with van der Waals surface area (Å²) in [5.74, 6) is 2.66. The van der Waals surface area contributed by atoms with E-state index >= 15 is 0 Å². The first kappa shape index (κ1) is 31.3. The average molecular weight is 667 g/mol. The summed E-state index contributed by atoms with van der Waals surface area (Å²) < 4.78 is 9.12. The highest BCUT2D eigenvalue weighted by atomic mass is 16.5. The third-order valence-corrected chi connectivity index (χ3v) is 10.7. The standard InChI is InChI=1S/C46H42N4O/c1-28-21-34(50-40-19-18-33(46(4,5)6)24-39(40)37-17-12-20-47-44(37)50)25-35(22-28)51-41-26-38(29(2)23-30(41)3)45-48-42(31-13-8-7-9-14-31)43-36-16-11-10-15-32(36)27-49(43)45/h7-26,42-43H,27H2,1-6H3/t42-,43+/m1/s1. The van der Waals surface area contributed by atoms with Gasteiger partial charge in [0.25, 0.3) is 0 Å². The number of hydrogen-bond acceptors (Lipinski definition) is 4. The number of amidine groups is 1. The zero-order valence-electron chi connectivity index (χ0n) is 30.1. The van der Waals surface area contributed by atoms with Crippen LogP contribution in [0.1, 0.15) is 77.4 Å². The Morgan fingerprint density at radius 2 is 1.55 bits per heavy atom. The van der Waals surface area contributed by atoms with Gasteiger partial charge >= 0.3 is 0 Å². The normalized spacial score (nSPS) is 16.8. The van der Waals surface area contributed by atoms with Gasteiger partial charge in [0.15, 0.2) is 0 Å². The molecular weight excluding hydrogens is 625 g/mol. The van der Waals surface area contributed by atoms with Crippen LogP contribution in [0, 0.1) is 20.8 Å². The van der Waals surface area contributed by atoms with Crippen LogP contribution in [-0.4, -0.2) is 20.3 Å². The monoisotopic (exact) mass is 666 g/mol. The molecule has 0 N–H and O–H groups in total. The molecule has 0 aliphatic carbocycles. The maximum atomic E-state index is 6.85. The molecule has 0 fully saturated rings. The van der Waals surface area contributed by atoms with Crippen molar-refractivity contribution in [2.75, 3.05) is 0 Å². The zero-order chi connectivity index (χ0) is 35.0. The molecule has 2 aliphatic heterocycles. The van der Waals surface area contributed by atoms with E-state index in [1.54, 1.807) is 0 Å². The fourth-order valence-corrected chi connectivity index (χ4v) is 8.17.